The first-order chi connectivity index (χ1) is 15.4. The normalized spacial score (nSPS) is 14.8. The number of pyridine rings is 1. The zero-order valence-electron chi connectivity index (χ0n) is 17.4. The van der Waals surface area contributed by atoms with Crippen molar-refractivity contribution < 1.29 is 17.6 Å². The molecular weight excluding hydrogens is 430 g/mol. The number of benzene rings is 1. The molecule has 1 aromatic carbocycles. The summed E-state index contributed by atoms with van der Waals surface area (Å²) in [4.78, 5) is 21.5. The second-order valence-corrected chi connectivity index (χ2v) is 9.51. The summed E-state index contributed by atoms with van der Waals surface area (Å²) in [6.07, 6.45) is 4.89. The number of fused-ring (bicyclic) bond motifs is 1. The van der Waals surface area contributed by atoms with Crippen molar-refractivity contribution in [3.05, 3.63) is 66.5 Å². The smallest absolute Gasteiger partial charge is 0.291 e. The highest BCUT2D eigenvalue weighted by Gasteiger charge is 2.31. The number of hydrogen-bond acceptors (Lipinski definition) is 6. The minimum atomic E-state index is -3.67. The van der Waals surface area contributed by atoms with E-state index in [1.54, 1.807) is 25.4 Å². The van der Waals surface area contributed by atoms with Crippen LogP contribution >= 0.6 is 0 Å². The zero-order valence-corrected chi connectivity index (χ0v) is 18.2. The summed E-state index contributed by atoms with van der Waals surface area (Å²) in [5.41, 5.74) is 2.25. The Morgan fingerprint density at radius 1 is 1.09 bits per heavy atom. The Labute approximate surface area is 184 Å². The van der Waals surface area contributed by atoms with Crippen LogP contribution in [-0.4, -0.2) is 46.3 Å². The van der Waals surface area contributed by atoms with Gasteiger partial charge in [-0.1, -0.05) is 12.1 Å². The molecule has 1 aliphatic rings. The van der Waals surface area contributed by atoms with E-state index in [4.69, 9.17) is 4.42 Å². The quantitative estimate of drug-likeness (QED) is 0.498. The van der Waals surface area contributed by atoms with E-state index in [9.17, 15) is 13.2 Å². The molecular formula is C22H21N5O4S. The minimum Gasteiger partial charge on any atom is -0.455 e. The van der Waals surface area contributed by atoms with E-state index in [1.165, 1.54) is 16.6 Å². The van der Waals surface area contributed by atoms with Crippen LogP contribution in [0.25, 0.3) is 16.9 Å². The Kier molecular flexibility index (Phi) is 5.03. The number of amides is 1. The maximum atomic E-state index is 12.8. The number of nitrogens with zero attached hydrogens (tertiary/aromatic N) is 4. The molecule has 1 amide bonds. The monoisotopic (exact) mass is 451 g/mol. The van der Waals surface area contributed by atoms with Crippen molar-refractivity contribution >= 4 is 32.7 Å². The fourth-order valence-corrected chi connectivity index (χ4v) is 5.52. The van der Waals surface area contributed by atoms with Gasteiger partial charge in [0.2, 0.25) is 10.0 Å². The molecule has 0 saturated carbocycles. The van der Waals surface area contributed by atoms with Crippen LogP contribution in [0.1, 0.15) is 29.2 Å². The fourth-order valence-electron chi connectivity index (χ4n) is 3.84. The first kappa shape index (κ1) is 20.4. The molecule has 4 heterocycles. The summed E-state index contributed by atoms with van der Waals surface area (Å²) < 4.78 is 34.4. The molecule has 9 nitrogen and oxygen atoms in total. The third kappa shape index (κ3) is 3.57. The number of sulfonamides is 1. The summed E-state index contributed by atoms with van der Waals surface area (Å²) in [5.74, 6) is 0.246. The number of nitrogens with one attached hydrogen (secondary N) is 1. The molecule has 1 aliphatic heterocycles. The molecule has 0 bridgehead atoms. The minimum absolute atomic E-state index is 0.0324. The van der Waals surface area contributed by atoms with Gasteiger partial charge < -0.3 is 9.73 Å². The Balaban J connectivity index is 1.34. The summed E-state index contributed by atoms with van der Waals surface area (Å²) >= 11 is 0. The number of carbonyl (C=O) groups is 1. The van der Waals surface area contributed by atoms with Gasteiger partial charge in [0, 0.05) is 19.2 Å². The molecule has 0 unspecified atom stereocenters. The molecule has 0 radical (unpaired) electrons. The first-order valence-electron chi connectivity index (χ1n) is 10.2. The lowest BCUT2D eigenvalue weighted by Gasteiger charge is -2.14. The summed E-state index contributed by atoms with van der Waals surface area (Å²) in [6, 6.07) is 12.5. The molecule has 10 heteroatoms. The molecule has 3 aromatic heterocycles. The van der Waals surface area contributed by atoms with Crippen LogP contribution in [0.4, 0.5) is 5.69 Å². The van der Waals surface area contributed by atoms with Crippen molar-refractivity contribution in [3.63, 3.8) is 0 Å². The molecule has 1 fully saturated rings. The van der Waals surface area contributed by atoms with Gasteiger partial charge in [-0.25, -0.2) is 18.4 Å². The molecule has 0 atom stereocenters. The molecule has 1 N–H and O–H groups in total. The van der Waals surface area contributed by atoms with Crippen LogP contribution in [0.5, 0.6) is 0 Å². The average Bonchev–Trinajstić information content (AvgIpc) is 3.54. The maximum Gasteiger partial charge on any atom is 0.291 e. The summed E-state index contributed by atoms with van der Waals surface area (Å²) in [5, 5.41) is 2.70. The molecule has 32 heavy (non-hydrogen) atoms. The van der Waals surface area contributed by atoms with Gasteiger partial charge in [0.15, 0.2) is 5.76 Å². The summed E-state index contributed by atoms with van der Waals surface area (Å²) in [6.45, 7) is 2.52. The number of carbonyl (C=O) groups excluding carboxylic acids is 1. The fraction of sp³-hybridized carbons (Fsp3) is 0.227. The second kappa shape index (κ2) is 7.88. The largest absolute Gasteiger partial charge is 0.455 e. The van der Waals surface area contributed by atoms with Crippen molar-refractivity contribution in [2.24, 2.45) is 0 Å². The Morgan fingerprint density at radius 3 is 2.62 bits per heavy atom. The average molecular weight is 452 g/mol. The van der Waals surface area contributed by atoms with Gasteiger partial charge in [-0.3, -0.25) is 9.36 Å². The Hall–Kier alpha value is -3.50. The van der Waals surface area contributed by atoms with Gasteiger partial charge in [-0.05, 0) is 44.0 Å². The molecule has 0 spiro atoms. The van der Waals surface area contributed by atoms with Gasteiger partial charge in [0.1, 0.15) is 22.8 Å². The maximum absolute atomic E-state index is 12.8. The van der Waals surface area contributed by atoms with E-state index in [1.807, 2.05) is 28.8 Å². The SMILES string of the molecule is Cc1oc(C(=O)Nc2ccc(-n3cnc4ccccc43)nc2)cc1S(=O)(=O)N1CCCC1. The first-order valence-corrected chi connectivity index (χ1v) is 11.7. The van der Waals surface area contributed by atoms with E-state index in [2.05, 4.69) is 15.3 Å². The van der Waals surface area contributed by atoms with Gasteiger partial charge in [0.05, 0.1) is 22.9 Å². The number of rotatable bonds is 5. The number of anilines is 1. The zero-order chi connectivity index (χ0) is 22.3. The number of aromatic nitrogens is 3. The van der Waals surface area contributed by atoms with Crippen LogP contribution in [0.2, 0.25) is 0 Å². The molecule has 4 aromatic rings. The predicted octanol–water partition coefficient (Wildman–Crippen LogP) is 3.36. The van der Waals surface area contributed by atoms with E-state index >= 15 is 0 Å². The number of aryl methyl sites for hydroxylation is 1. The Bertz CT molecular complexity index is 1400. The van der Waals surface area contributed by atoms with Crippen LogP contribution in [0.3, 0.4) is 0 Å². The molecule has 0 aliphatic carbocycles. The topological polar surface area (TPSA) is 110 Å². The lowest BCUT2D eigenvalue weighted by atomic mass is 10.3. The van der Waals surface area contributed by atoms with Crippen molar-refractivity contribution in [3.8, 4) is 5.82 Å². The van der Waals surface area contributed by atoms with Crippen LogP contribution in [0, 0.1) is 6.92 Å². The van der Waals surface area contributed by atoms with Crippen molar-refractivity contribution in [2.75, 3.05) is 18.4 Å². The third-order valence-electron chi connectivity index (χ3n) is 5.48. The lowest BCUT2D eigenvalue weighted by Crippen LogP contribution is -2.28. The molecule has 5 rings (SSSR count). The third-order valence-corrected chi connectivity index (χ3v) is 7.49. The highest BCUT2D eigenvalue weighted by molar-refractivity contribution is 7.89. The lowest BCUT2D eigenvalue weighted by molar-refractivity contribution is 0.0995. The highest BCUT2D eigenvalue weighted by atomic mass is 32.2. The van der Waals surface area contributed by atoms with Crippen molar-refractivity contribution in [2.45, 2.75) is 24.7 Å². The van der Waals surface area contributed by atoms with Gasteiger partial charge in [-0.2, -0.15) is 4.31 Å². The highest BCUT2D eigenvalue weighted by Crippen LogP contribution is 2.27. The standard InChI is InChI=1S/C22H21N5O4S/c1-15-20(32(29,30)26-10-4-5-11-26)12-19(31-15)22(28)25-16-8-9-21(23-13-16)27-14-24-17-6-2-3-7-18(17)27/h2-3,6-9,12-14H,4-5,10-11H2,1H3,(H,25,28). The van der Waals surface area contributed by atoms with Crippen molar-refractivity contribution in [1.29, 1.82) is 0 Å². The number of furan rings is 1. The van der Waals surface area contributed by atoms with E-state index in [0.717, 1.165) is 23.9 Å². The number of para-hydroxylation sites is 2. The van der Waals surface area contributed by atoms with E-state index in [0.29, 0.717) is 24.6 Å². The van der Waals surface area contributed by atoms with Crippen LogP contribution < -0.4 is 5.32 Å². The number of imidazole rings is 1. The van der Waals surface area contributed by atoms with E-state index in [-0.39, 0.29) is 16.4 Å². The summed E-state index contributed by atoms with van der Waals surface area (Å²) in [7, 11) is -3.67. The van der Waals surface area contributed by atoms with Crippen LogP contribution in [-0.2, 0) is 10.0 Å². The van der Waals surface area contributed by atoms with Gasteiger partial charge in [-0.15, -0.1) is 0 Å². The van der Waals surface area contributed by atoms with Crippen molar-refractivity contribution in [1.82, 2.24) is 18.8 Å². The van der Waals surface area contributed by atoms with Gasteiger partial charge >= 0.3 is 0 Å². The Morgan fingerprint density at radius 2 is 1.88 bits per heavy atom. The molecule has 164 valence electrons. The second-order valence-electron chi connectivity index (χ2n) is 7.60. The molecule has 1 saturated heterocycles. The predicted molar refractivity (Wildman–Crippen MR) is 118 cm³/mol. The van der Waals surface area contributed by atoms with Crippen LogP contribution in [0.15, 0.2) is 64.3 Å². The van der Waals surface area contributed by atoms with E-state index < -0.39 is 15.9 Å². The number of hydrogen-bond donors (Lipinski definition) is 1. The van der Waals surface area contributed by atoms with Gasteiger partial charge in [0.25, 0.3) is 5.91 Å².